The van der Waals surface area contributed by atoms with Gasteiger partial charge in [0.05, 0.1) is 10.8 Å². The molecule has 2 aromatic heterocycles. The van der Waals surface area contributed by atoms with Crippen LogP contribution in [-0.2, 0) is 20.9 Å². The van der Waals surface area contributed by atoms with Gasteiger partial charge >= 0.3 is 0 Å². The summed E-state index contributed by atoms with van der Waals surface area (Å²) in [4.78, 5) is 4.57. The number of nitrogens with zero attached hydrogens (tertiary/aromatic N) is 1. The van der Waals surface area contributed by atoms with Crippen LogP contribution in [0.2, 0.25) is 5.02 Å². The van der Waals surface area contributed by atoms with Crippen molar-refractivity contribution in [2.45, 2.75) is 19.6 Å². The molecule has 3 N–H and O–H groups in total. The average molecular weight is 560 g/mol. The summed E-state index contributed by atoms with van der Waals surface area (Å²) in [6, 6.07) is 14.6. The van der Waals surface area contributed by atoms with Crippen LogP contribution in [0.5, 0.6) is 5.75 Å². The van der Waals surface area contributed by atoms with E-state index in [0.29, 0.717) is 33.5 Å². The Labute approximate surface area is 223 Å². The molecule has 11 heteroatoms. The van der Waals surface area contributed by atoms with E-state index in [1.54, 1.807) is 37.3 Å². The van der Waals surface area contributed by atoms with Gasteiger partial charge in [0.1, 0.15) is 36.3 Å². The van der Waals surface area contributed by atoms with Crippen LogP contribution >= 0.6 is 22.9 Å². The third kappa shape index (κ3) is 7.64. The van der Waals surface area contributed by atoms with Crippen molar-refractivity contribution in [1.82, 2.24) is 4.98 Å². The second kappa shape index (κ2) is 11.9. The summed E-state index contributed by atoms with van der Waals surface area (Å²) in [6.07, 6.45) is 0. The Hall–Kier alpha value is -3.20. The molecule has 1 atom stereocenters. The number of nitrogens with one attached hydrogen (secondary N) is 1. The Morgan fingerprint density at radius 2 is 2.05 bits per heavy atom. The van der Waals surface area contributed by atoms with E-state index in [0.717, 1.165) is 10.1 Å². The summed E-state index contributed by atoms with van der Waals surface area (Å²) in [5.74, 6) is 5.96. The Morgan fingerprint density at radius 3 is 2.81 bits per heavy atom. The zero-order valence-electron chi connectivity index (χ0n) is 19.7. The minimum atomic E-state index is -3.74. The molecule has 37 heavy (non-hydrogen) atoms. The quantitative estimate of drug-likeness (QED) is 0.207. The van der Waals surface area contributed by atoms with Gasteiger partial charge in [-0.3, -0.25) is 4.18 Å². The van der Waals surface area contributed by atoms with Crippen molar-refractivity contribution in [3.05, 3.63) is 82.1 Å². The van der Waals surface area contributed by atoms with E-state index in [1.807, 2.05) is 17.5 Å². The Bertz CT molecular complexity index is 1580. The Kier molecular flexibility index (Phi) is 8.63. The lowest BCUT2D eigenvalue weighted by Gasteiger charge is -2.12. The van der Waals surface area contributed by atoms with Gasteiger partial charge in [0.25, 0.3) is 10.1 Å². The first kappa shape index (κ1) is 26.9. The number of rotatable bonds is 9. The van der Waals surface area contributed by atoms with Gasteiger partial charge in [-0.25, -0.2) is 9.37 Å². The fourth-order valence-electron chi connectivity index (χ4n) is 3.36. The van der Waals surface area contributed by atoms with Gasteiger partial charge in [-0.1, -0.05) is 29.7 Å². The maximum atomic E-state index is 13.4. The van der Waals surface area contributed by atoms with Crippen molar-refractivity contribution in [3.63, 3.8) is 0 Å². The highest BCUT2D eigenvalue weighted by Crippen LogP contribution is 2.33. The standard InChI is InChI=1S/C26H23ClFN3O4S2/c1-17(29)16-37(32,33)35-10-3-6-20-14-25-22(9-11-36-25)26(30-20)31-21-7-8-24(23(27)13-21)34-15-18-4-2-5-19(28)12-18/h2,4-5,7-9,11-14,17H,10,15-16,29H2,1H3,(H,30,31). The van der Waals surface area contributed by atoms with Crippen LogP contribution in [0.4, 0.5) is 15.9 Å². The van der Waals surface area contributed by atoms with Crippen molar-refractivity contribution in [2.75, 3.05) is 17.7 Å². The summed E-state index contributed by atoms with van der Waals surface area (Å²) >= 11 is 7.95. The van der Waals surface area contributed by atoms with Gasteiger partial charge in [-0.15, -0.1) is 11.3 Å². The minimum absolute atomic E-state index is 0.179. The first-order chi connectivity index (χ1) is 17.7. The summed E-state index contributed by atoms with van der Waals surface area (Å²) < 4.78 is 48.5. The maximum absolute atomic E-state index is 13.4. The number of anilines is 2. The predicted molar refractivity (Wildman–Crippen MR) is 145 cm³/mol. The number of nitrogens with two attached hydrogens (primary N) is 1. The number of benzene rings is 2. The zero-order valence-corrected chi connectivity index (χ0v) is 22.1. The first-order valence-corrected chi connectivity index (χ1v) is 14.0. The van der Waals surface area contributed by atoms with E-state index in [-0.39, 0.29) is 24.8 Å². The van der Waals surface area contributed by atoms with E-state index in [2.05, 4.69) is 22.1 Å². The van der Waals surface area contributed by atoms with E-state index < -0.39 is 16.2 Å². The van der Waals surface area contributed by atoms with Crippen LogP contribution in [0.1, 0.15) is 18.2 Å². The summed E-state index contributed by atoms with van der Waals surface area (Å²) in [5.41, 5.74) is 7.34. The first-order valence-electron chi connectivity index (χ1n) is 11.1. The topological polar surface area (TPSA) is 104 Å². The van der Waals surface area contributed by atoms with E-state index in [4.69, 9.17) is 26.3 Å². The second-order valence-corrected chi connectivity index (χ2v) is 11.2. The van der Waals surface area contributed by atoms with Gasteiger partial charge in [0.2, 0.25) is 0 Å². The Morgan fingerprint density at radius 1 is 1.22 bits per heavy atom. The summed E-state index contributed by atoms with van der Waals surface area (Å²) in [6.45, 7) is 1.47. The number of halogens is 2. The molecular formula is C26H23ClFN3O4S2. The number of thiophene rings is 1. The number of fused-ring (bicyclic) bond motifs is 1. The Balaban J connectivity index is 1.47. The molecule has 0 aliphatic heterocycles. The lowest BCUT2D eigenvalue weighted by molar-refractivity contribution is 0.306. The van der Waals surface area contributed by atoms with Crippen molar-refractivity contribution in [2.24, 2.45) is 5.73 Å². The monoisotopic (exact) mass is 559 g/mol. The molecule has 1 unspecified atom stereocenters. The van der Waals surface area contributed by atoms with Crippen molar-refractivity contribution < 1.29 is 21.7 Å². The fraction of sp³-hybridized carbons (Fsp3) is 0.192. The summed E-state index contributed by atoms with van der Waals surface area (Å²) in [5, 5.41) is 6.47. The lowest BCUT2D eigenvalue weighted by atomic mass is 10.2. The number of ether oxygens (including phenoxy) is 1. The van der Waals surface area contributed by atoms with Crippen molar-refractivity contribution in [3.8, 4) is 17.6 Å². The van der Waals surface area contributed by atoms with Gasteiger partial charge in [-0.2, -0.15) is 8.42 Å². The van der Waals surface area contributed by atoms with Gasteiger partial charge in [-0.05, 0) is 66.3 Å². The molecule has 192 valence electrons. The molecule has 0 saturated heterocycles. The predicted octanol–water partition coefficient (Wildman–Crippen LogP) is 5.46. The molecule has 0 fully saturated rings. The van der Waals surface area contributed by atoms with Gasteiger partial charge in [0, 0.05) is 21.8 Å². The fourth-order valence-corrected chi connectivity index (χ4v) is 5.40. The molecule has 0 bridgehead atoms. The normalized spacial score (nSPS) is 12.1. The third-order valence-corrected chi connectivity index (χ3v) is 7.49. The number of hydrogen-bond acceptors (Lipinski definition) is 8. The van der Waals surface area contributed by atoms with Crippen LogP contribution < -0.4 is 15.8 Å². The molecular weight excluding hydrogens is 537 g/mol. The smallest absolute Gasteiger partial charge is 0.269 e. The highest BCUT2D eigenvalue weighted by atomic mass is 35.5. The number of pyridine rings is 1. The molecule has 2 aromatic carbocycles. The van der Waals surface area contributed by atoms with E-state index >= 15 is 0 Å². The molecule has 0 spiro atoms. The van der Waals surface area contributed by atoms with Gasteiger partial charge < -0.3 is 15.8 Å². The van der Waals surface area contributed by atoms with Crippen LogP contribution in [-0.4, -0.2) is 31.8 Å². The number of aromatic nitrogens is 1. The maximum Gasteiger partial charge on any atom is 0.269 e. The SMILES string of the molecule is CC(N)CS(=O)(=O)OCC#Cc1cc2sccc2c(Nc2ccc(OCc3cccc(F)c3)c(Cl)c2)n1. The molecule has 0 aliphatic carbocycles. The zero-order chi connectivity index (χ0) is 26.4. The van der Waals surface area contributed by atoms with Crippen LogP contribution in [0.25, 0.3) is 10.1 Å². The molecule has 0 radical (unpaired) electrons. The van der Waals surface area contributed by atoms with Gasteiger partial charge in [0.15, 0.2) is 0 Å². The lowest BCUT2D eigenvalue weighted by Crippen LogP contribution is -2.27. The molecule has 4 rings (SSSR count). The van der Waals surface area contributed by atoms with Crippen LogP contribution in [0, 0.1) is 17.7 Å². The largest absolute Gasteiger partial charge is 0.487 e. The third-order valence-electron chi connectivity index (χ3n) is 4.92. The summed E-state index contributed by atoms with van der Waals surface area (Å²) in [7, 11) is -3.74. The molecule has 4 aromatic rings. The van der Waals surface area contributed by atoms with E-state index in [9.17, 15) is 12.8 Å². The van der Waals surface area contributed by atoms with Crippen LogP contribution in [0.15, 0.2) is 60.0 Å². The van der Waals surface area contributed by atoms with Crippen molar-refractivity contribution >= 4 is 54.6 Å². The average Bonchev–Trinajstić information content (AvgIpc) is 3.30. The highest BCUT2D eigenvalue weighted by molar-refractivity contribution is 7.86. The number of hydrogen-bond donors (Lipinski definition) is 2. The van der Waals surface area contributed by atoms with Crippen molar-refractivity contribution in [1.29, 1.82) is 0 Å². The molecule has 2 heterocycles. The minimum Gasteiger partial charge on any atom is -0.487 e. The molecule has 7 nitrogen and oxygen atoms in total. The molecule has 0 aliphatic rings. The van der Waals surface area contributed by atoms with Crippen LogP contribution in [0.3, 0.4) is 0 Å². The van der Waals surface area contributed by atoms with E-state index in [1.165, 1.54) is 23.5 Å². The molecule has 0 amide bonds. The molecule has 0 saturated carbocycles. The highest BCUT2D eigenvalue weighted by Gasteiger charge is 2.13. The second-order valence-electron chi connectivity index (χ2n) is 8.14.